The fourth-order valence-corrected chi connectivity index (χ4v) is 1.95. The molecule has 0 unspecified atom stereocenters. The summed E-state index contributed by atoms with van der Waals surface area (Å²) < 4.78 is 2.24. The van der Waals surface area contributed by atoms with E-state index in [-0.39, 0.29) is 0 Å². The number of imidazole rings is 1. The lowest BCUT2D eigenvalue weighted by molar-refractivity contribution is 0.218. The van der Waals surface area contributed by atoms with Crippen LogP contribution >= 0.6 is 15.9 Å². The van der Waals surface area contributed by atoms with Crippen molar-refractivity contribution in [2.45, 2.75) is 19.5 Å². The van der Waals surface area contributed by atoms with Crippen molar-refractivity contribution in [3.8, 4) is 0 Å². The van der Waals surface area contributed by atoms with Crippen LogP contribution in [0.5, 0.6) is 0 Å². The zero-order chi connectivity index (χ0) is 9.10. The van der Waals surface area contributed by atoms with Crippen LogP contribution in [0.1, 0.15) is 12.2 Å². The summed E-state index contributed by atoms with van der Waals surface area (Å²) in [5.74, 6) is 1.21. The molecule has 1 aromatic rings. The minimum absolute atomic E-state index is 1.01. The maximum absolute atomic E-state index is 4.32. The van der Waals surface area contributed by atoms with Crippen molar-refractivity contribution in [3.05, 3.63) is 18.2 Å². The van der Waals surface area contributed by atoms with E-state index >= 15 is 0 Å². The highest BCUT2D eigenvalue weighted by atomic mass is 79.9. The second-order valence-corrected chi connectivity index (χ2v) is 4.15. The molecular weight excluding hydrogens is 230 g/mol. The van der Waals surface area contributed by atoms with Crippen molar-refractivity contribution in [1.82, 2.24) is 14.5 Å². The van der Waals surface area contributed by atoms with Crippen LogP contribution in [0.25, 0.3) is 0 Å². The normalized spacial score (nSPS) is 17.3. The summed E-state index contributed by atoms with van der Waals surface area (Å²) in [4.78, 5) is 6.79. The number of nitrogens with zero attached hydrogens (tertiary/aromatic N) is 3. The van der Waals surface area contributed by atoms with E-state index < -0.39 is 0 Å². The first-order valence-corrected chi connectivity index (χ1v) is 5.80. The van der Waals surface area contributed by atoms with Gasteiger partial charge in [-0.1, -0.05) is 15.9 Å². The molecule has 3 nitrogen and oxygen atoms in total. The zero-order valence-electron chi connectivity index (χ0n) is 7.62. The van der Waals surface area contributed by atoms with Gasteiger partial charge in [-0.3, -0.25) is 4.90 Å². The molecule has 2 heterocycles. The van der Waals surface area contributed by atoms with Gasteiger partial charge >= 0.3 is 0 Å². The summed E-state index contributed by atoms with van der Waals surface area (Å²) >= 11 is 3.45. The van der Waals surface area contributed by atoms with E-state index in [2.05, 4.69) is 36.6 Å². The van der Waals surface area contributed by atoms with Crippen LogP contribution in [0.2, 0.25) is 0 Å². The van der Waals surface area contributed by atoms with Crippen LogP contribution in [0, 0.1) is 0 Å². The number of aromatic nitrogens is 2. The highest BCUT2D eigenvalue weighted by molar-refractivity contribution is 9.09. The maximum atomic E-state index is 4.32. The molecular formula is C9H14BrN3. The van der Waals surface area contributed by atoms with Crippen LogP contribution in [-0.2, 0) is 13.1 Å². The molecule has 0 amide bonds. The van der Waals surface area contributed by atoms with Gasteiger partial charge in [-0.2, -0.15) is 0 Å². The number of hydrogen-bond donors (Lipinski definition) is 0. The molecule has 2 rings (SSSR count). The summed E-state index contributed by atoms with van der Waals surface area (Å²) in [5.41, 5.74) is 0. The molecule has 0 radical (unpaired) electrons. The van der Waals surface area contributed by atoms with Gasteiger partial charge in [-0.15, -0.1) is 0 Å². The lowest BCUT2D eigenvalue weighted by Gasteiger charge is -2.27. The summed E-state index contributed by atoms with van der Waals surface area (Å²) in [6.45, 7) is 4.45. The quantitative estimate of drug-likeness (QED) is 0.751. The van der Waals surface area contributed by atoms with E-state index in [1.807, 2.05) is 6.20 Å². The van der Waals surface area contributed by atoms with Crippen molar-refractivity contribution in [2.75, 3.05) is 18.4 Å². The van der Waals surface area contributed by atoms with Gasteiger partial charge in [0.2, 0.25) is 0 Å². The number of halogens is 1. The van der Waals surface area contributed by atoms with Crippen LogP contribution in [0.4, 0.5) is 0 Å². The Morgan fingerprint density at radius 2 is 2.38 bits per heavy atom. The third-order valence-corrected chi connectivity index (χ3v) is 2.99. The fraction of sp³-hybridized carbons (Fsp3) is 0.667. The predicted molar refractivity (Wildman–Crippen MR) is 55.9 cm³/mol. The number of rotatable bonds is 3. The molecule has 72 valence electrons. The average Bonchev–Trinajstić information content (AvgIpc) is 2.61. The molecule has 0 saturated heterocycles. The lowest BCUT2D eigenvalue weighted by atomic mass is 10.3. The molecule has 1 aliphatic heterocycles. The first kappa shape index (κ1) is 9.21. The van der Waals surface area contributed by atoms with Crippen LogP contribution in [0.3, 0.4) is 0 Å². The molecule has 0 spiro atoms. The molecule has 0 fully saturated rings. The number of alkyl halides is 1. The van der Waals surface area contributed by atoms with Gasteiger partial charge in [-0.25, -0.2) is 4.98 Å². The van der Waals surface area contributed by atoms with E-state index in [1.54, 1.807) is 0 Å². The molecule has 0 N–H and O–H groups in total. The maximum Gasteiger partial charge on any atom is 0.122 e. The largest absolute Gasteiger partial charge is 0.333 e. The minimum Gasteiger partial charge on any atom is -0.333 e. The monoisotopic (exact) mass is 243 g/mol. The van der Waals surface area contributed by atoms with Crippen molar-refractivity contribution >= 4 is 15.9 Å². The highest BCUT2D eigenvalue weighted by Crippen LogP contribution is 2.10. The second-order valence-electron chi connectivity index (χ2n) is 3.36. The summed E-state index contributed by atoms with van der Waals surface area (Å²) in [5, 5.41) is 1.10. The SMILES string of the molecule is BrCCCN1CCn2ccnc2C1. The Hall–Kier alpha value is -0.350. The van der Waals surface area contributed by atoms with Crippen molar-refractivity contribution in [2.24, 2.45) is 0 Å². The highest BCUT2D eigenvalue weighted by Gasteiger charge is 2.15. The molecule has 0 aliphatic carbocycles. The van der Waals surface area contributed by atoms with Gasteiger partial charge in [0.25, 0.3) is 0 Å². The summed E-state index contributed by atoms with van der Waals surface area (Å²) in [6, 6.07) is 0. The van der Waals surface area contributed by atoms with Gasteiger partial charge in [0.05, 0.1) is 6.54 Å². The van der Waals surface area contributed by atoms with Crippen LogP contribution in [0.15, 0.2) is 12.4 Å². The Morgan fingerprint density at radius 3 is 3.23 bits per heavy atom. The van der Waals surface area contributed by atoms with Crippen molar-refractivity contribution in [3.63, 3.8) is 0 Å². The molecule has 0 saturated carbocycles. The Bertz CT molecular complexity index is 272. The predicted octanol–water partition coefficient (Wildman–Crippen LogP) is 1.48. The Balaban J connectivity index is 1.93. The molecule has 0 bridgehead atoms. The number of hydrogen-bond acceptors (Lipinski definition) is 2. The standard InChI is InChI=1S/C9H14BrN3/c10-2-1-4-12-6-7-13-5-3-11-9(13)8-12/h3,5H,1-2,4,6-8H2. The third-order valence-electron chi connectivity index (χ3n) is 2.43. The molecule has 4 heteroatoms. The van der Waals surface area contributed by atoms with Gasteiger partial charge in [0.15, 0.2) is 0 Å². The van der Waals surface area contributed by atoms with Gasteiger partial charge in [0, 0.05) is 30.8 Å². The lowest BCUT2D eigenvalue weighted by Crippen LogP contribution is -2.34. The van der Waals surface area contributed by atoms with E-state index in [4.69, 9.17) is 0 Å². The number of fused-ring (bicyclic) bond motifs is 1. The smallest absolute Gasteiger partial charge is 0.122 e. The van der Waals surface area contributed by atoms with E-state index in [0.29, 0.717) is 0 Å². The third kappa shape index (κ3) is 2.11. The fourth-order valence-electron chi connectivity index (χ4n) is 1.70. The van der Waals surface area contributed by atoms with Gasteiger partial charge in [0.1, 0.15) is 5.82 Å². The first-order chi connectivity index (χ1) is 6.40. The van der Waals surface area contributed by atoms with E-state index in [1.165, 1.54) is 18.8 Å². The Morgan fingerprint density at radius 1 is 1.46 bits per heavy atom. The van der Waals surface area contributed by atoms with Crippen molar-refractivity contribution < 1.29 is 0 Å². The molecule has 0 aromatic carbocycles. The van der Waals surface area contributed by atoms with Crippen molar-refractivity contribution in [1.29, 1.82) is 0 Å². The van der Waals surface area contributed by atoms with Gasteiger partial charge < -0.3 is 4.57 Å². The second kappa shape index (κ2) is 4.24. The van der Waals surface area contributed by atoms with Crippen LogP contribution in [-0.4, -0.2) is 32.9 Å². The molecule has 13 heavy (non-hydrogen) atoms. The average molecular weight is 244 g/mol. The molecule has 1 aliphatic rings. The minimum atomic E-state index is 1.01. The van der Waals surface area contributed by atoms with Crippen LogP contribution < -0.4 is 0 Å². The zero-order valence-corrected chi connectivity index (χ0v) is 9.20. The first-order valence-electron chi connectivity index (χ1n) is 4.68. The van der Waals surface area contributed by atoms with Gasteiger partial charge in [-0.05, 0) is 13.0 Å². The van der Waals surface area contributed by atoms with E-state index in [9.17, 15) is 0 Å². The molecule has 1 aromatic heterocycles. The summed E-state index contributed by atoms with van der Waals surface area (Å²) in [7, 11) is 0. The molecule has 0 atom stereocenters. The van der Waals surface area contributed by atoms with E-state index in [0.717, 1.165) is 25.0 Å². The topological polar surface area (TPSA) is 21.1 Å². The summed E-state index contributed by atoms with van der Waals surface area (Å²) in [6.07, 6.45) is 5.18. The Kier molecular flexibility index (Phi) is 3.01. The Labute approximate surface area is 86.9 Å².